The molecule has 1 amide bonds. The first-order chi connectivity index (χ1) is 11.0. The molecular weight excluding hydrogens is 373 g/mol. The lowest BCUT2D eigenvalue weighted by atomic mass is 10.2. The van der Waals surface area contributed by atoms with E-state index in [9.17, 15) is 4.79 Å². The van der Waals surface area contributed by atoms with E-state index < -0.39 is 0 Å². The van der Waals surface area contributed by atoms with Gasteiger partial charge in [-0.1, -0.05) is 53.2 Å². The number of rotatable bonds is 3. The van der Waals surface area contributed by atoms with Crippen molar-refractivity contribution in [2.75, 3.05) is 6.54 Å². The van der Waals surface area contributed by atoms with Gasteiger partial charge >= 0.3 is 0 Å². The molecule has 7 heteroatoms. The standard InChI is InChI=1S/C16H11Cl2NO2S2/c1-2-19-15(20)13(23-16(19)22)8-9-6-7-12(21-9)10-4-3-5-11(17)14(10)18/h3-8H,2H2,1H3/b13-8-. The Balaban J connectivity index is 1.91. The van der Waals surface area contributed by atoms with E-state index in [0.29, 0.717) is 42.9 Å². The lowest BCUT2D eigenvalue weighted by Gasteiger charge is -2.09. The van der Waals surface area contributed by atoms with Crippen molar-refractivity contribution in [3.8, 4) is 11.3 Å². The second-order valence-corrected chi connectivity index (χ2v) is 7.19. The van der Waals surface area contributed by atoms with E-state index in [4.69, 9.17) is 39.8 Å². The highest BCUT2D eigenvalue weighted by Gasteiger charge is 2.30. The number of halogens is 2. The Kier molecular flexibility index (Phi) is 4.82. The molecular formula is C16H11Cl2NO2S2. The van der Waals surface area contributed by atoms with Crippen LogP contribution in [0.3, 0.4) is 0 Å². The molecule has 1 aromatic heterocycles. The quantitative estimate of drug-likeness (QED) is 0.519. The van der Waals surface area contributed by atoms with Crippen LogP contribution in [0.5, 0.6) is 0 Å². The molecule has 1 aliphatic heterocycles. The van der Waals surface area contributed by atoms with Crippen LogP contribution in [-0.4, -0.2) is 21.7 Å². The predicted molar refractivity (Wildman–Crippen MR) is 99.7 cm³/mol. The maximum atomic E-state index is 12.2. The van der Waals surface area contributed by atoms with Crippen LogP contribution in [0.25, 0.3) is 17.4 Å². The van der Waals surface area contributed by atoms with E-state index in [0.717, 1.165) is 0 Å². The van der Waals surface area contributed by atoms with Crippen LogP contribution in [0.2, 0.25) is 10.0 Å². The molecule has 0 N–H and O–H groups in total. The first-order valence-electron chi connectivity index (χ1n) is 6.81. The average molecular weight is 384 g/mol. The number of furan rings is 1. The Labute approximate surface area is 153 Å². The van der Waals surface area contributed by atoms with Crippen molar-refractivity contribution >= 4 is 63.5 Å². The van der Waals surface area contributed by atoms with Gasteiger partial charge in [-0.25, -0.2) is 0 Å². The molecule has 2 aromatic rings. The summed E-state index contributed by atoms with van der Waals surface area (Å²) in [5, 5.41) is 0.901. The normalized spacial score (nSPS) is 16.7. The molecule has 0 saturated carbocycles. The van der Waals surface area contributed by atoms with Gasteiger partial charge < -0.3 is 4.42 Å². The molecule has 1 saturated heterocycles. The third-order valence-corrected chi connectivity index (χ3v) is 5.50. The van der Waals surface area contributed by atoms with Gasteiger partial charge in [-0.3, -0.25) is 9.69 Å². The largest absolute Gasteiger partial charge is 0.457 e. The van der Waals surface area contributed by atoms with Crippen LogP contribution in [0, 0.1) is 0 Å². The fourth-order valence-electron chi connectivity index (χ4n) is 2.17. The lowest BCUT2D eigenvalue weighted by molar-refractivity contribution is -0.121. The molecule has 0 aliphatic carbocycles. The number of amides is 1. The minimum absolute atomic E-state index is 0.0961. The fourth-order valence-corrected chi connectivity index (χ4v) is 3.93. The average Bonchev–Trinajstić information content (AvgIpc) is 3.08. The minimum Gasteiger partial charge on any atom is -0.457 e. The summed E-state index contributed by atoms with van der Waals surface area (Å²) < 4.78 is 6.34. The third-order valence-electron chi connectivity index (χ3n) is 3.31. The van der Waals surface area contributed by atoms with E-state index in [1.807, 2.05) is 13.0 Å². The van der Waals surface area contributed by atoms with Crippen LogP contribution < -0.4 is 0 Å². The molecule has 0 atom stereocenters. The number of thiocarbonyl (C=S) groups is 1. The molecule has 0 spiro atoms. The van der Waals surface area contributed by atoms with Gasteiger partial charge in [-0.05, 0) is 31.2 Å². The number of benzene rings is 1. The van der Waals surface area contributed by atoms with Crippen molar-refractivity contribution in [3.05, 3.63) is 51.0 Å². The summed E-state index contributed by atoms with van der Waals surface area (Å²) in [6.07, 6.45) is 1.69. The van der Waals surface area contributed by atoms with Crippen LogP contribution in [0.4, 0.5) is 0 Å². The molecule has 1 aliphatic rings. The van der Waals surface area contributed by atoms with Crippen molar-refractivity contribution in [3.63, 3.8) is 0 Å². The summed E-state index contributed by atoms with van der Waals surface area (Å²) >= 11 is 18.7. The second kappa shape index (κ2) is 6.69. The maximum absolute atomic E-state index is 12.2. The van der Waals surface area contributed by atoms with Crippen molar-refractivity contribution in [1.82, 2.24) is 4.90 Å². The van der Waals surface area contributed by atoms with Crippen LogP contribution in [-0.2, 0) is 4.79 Å². The predicted octanol–water partition coefficient (Wildman–Crippen LogP) is 5.47. The Morgan fingerprint density at radius 2 is 2.09 bits per heavy atom. The third kappa shape index (κ3) is 3.19. The summed E-state index contributed by atoms with van der Waals surface area (Å²) in [6.45, 7) is 2.45. The summed E-state index contributed by atoms with van der Waals surface area (Å²) in [5.74, 6) is 1.06. The van der Waals surface area contributed by atoms with Gasteiger partial charge in [-0.2, -0.15) is 0 Å². The Hall–Kier alpha value is -1.27. The molecule has 3 nitrogen and oxygen atoms in total. The lowest BCUT2D eigenvalue weighted by Crippen LogP contribution is -2.27. The van der Waals surface area contributed by atoms with Gasteiger partial charge in [0.2, 0.25) is 0 Å². The molecule has 118 valence electrons. The highest BCUT2D eigenvalue weighted by molar-refractivity contribution is 8.26. The van der Waals surface area contributed by atoms with Gasteiger partial charge in [0, 0.05) is 18.2 Å². The molecule has 0 radical (unpaired) electrons. The summed E-state index contributed by atoms with van der Waals surface area (Å²) in [4.78, 5) is 14.3. The second-order valence-electron chi connectivity index (χ2n) is 4.73. The van der Waals surface area contributed by atoms with Gasteiger partial charge in [0.15, 0.2) is 0 Å². The van der Waals surface area contributed by atoms with Crippen LogP contribution >= 0.6 is 47.2 Å². The highest BCUT2D eigenvalue weighted by Crippen LogP contribution is 2.36. The number of nitrogens with zero attached hydrogens (tertiary/aromatic N) is 1. The topological polar surface area (TPSA) is 33.5 Å². The summed E-state index contributed by atoms with van der Waals surface area (Å²) in [6, 6.07) is 8.92. The van der Waals surface area contributed by atoms with E-state index >= 15 is 0 Å². The molecule has 0 bridgehead atoms. The highest BCUT2D eigenvalue weighted by atomic mass is 35.5. The number of carbonyl (C=O) groups excluding carboxylic acids is 1. The Bertz CT molecular complexity index is 829. The smallest absolute Gasteiger partial charge is 0.266 e. The summed E-state index contributed by atoms with van der Waals surface area (Å²) in [7, 11) is 0. The van der Waals surface area contributed by atoms with E-state index in [1.165, 1.54) is 11.8 Å². The zero-order valence-corrected chi connectivity index (χ0v) is 15.2. The number of hydrogen-bond donors (Lipinski definition) is 0. The molecule has 0 unspecified atom stereocenters. The van der Waals surface area contributed by atoms with Gasteiger partial charge in [0.05, 0.1) is 15.0 Å². The zero-order chi connectivity index (χ0) is 16.6. The number of likely N-dealkylation sites (N-methyl/N-ethyl adjacent to an activating group) is 1. The molecule has 3 rings (SSSR count). The Morgan fingerprint density at radius 3 is 2.78 bits per heavy atom. The number of hydrogen-bond acceptors (Lipinski definition) is 4. The summed E-state index contributed by atoms with van der Waals surface area (Å²) in [5.41, 5.74) is 0.708. The van der Waals surface area contributed by atoms with E-state index in [1.54, 1.807) is 35.2 Å². The first-order valence-corrected chi connectivity index (χ1v) is 8.79. The van der Waals surface area contributed by atoms with Gasteiger partial charge in [0.25, 0.3) is 5.91 Å². The Morgan fingerprint density at radius 1 is 1.30 bits per heavy atom. The van der Waals surface area contributed by atoms with E-state index in [-0.39, 0.29) is 5.91 Å². The van der Waals surface area contributed by atoms with Crippen molar-refractivity contribution in [1.29, 1.82) is 0 Å². The number of carbonyl (C=O) groups is 1. The van der Waals surface area contributed by atoms with Gasteiger partial charge in [0.1, 0.15) is 15.8 Å². The minimum atomic E-state index is -0.0961. The molecule has 2 heterocycles. The maximum Gasteiger partial charge on any atom is 0.266 e. The van der Waals surface area contributed by atoms with Crippen LogP contribution in [0.1, 0.15) is 12.7 Å². The van der Waals surface area contributed by atoms with E-state index in [2.05, 4.69) is 0 Å². The zero-order valence-electron chi connectivity index (χ0n) is 12.0. The van der Waals surface area contributed by atoms with Crippen LogP contribution in [0.15, 0.2) is 39.7 Å². The first kappa shape index (κ1) is 16.6. The monoisotopic (exact) mass is 383 g/mol. The molecule has 23 heavy (non-hydrogen) atoms. The molecule has 1 fully saturated rings. The SMILES string of the molecule is CCN1C(=O)/C(=C/c2ccc(-c3cccc(Cl)c3Cl)o2)SC1=S. The molecule has 1 aromatic carbocycles. The van der Waals surface area contributed by atoms with Crippen molar-refractivity contribution in [2.24, 2.45) is 0 Å². The van der Waals surface area contributed by atoms with Crippen molar-refractivity contribution < 1.29 is 9.21 Å². The number of thioether (sulfide) groups is 1. The van der Waals surface area contributed by atoms with Crippen molar-refractivity contribution in [2.45, 2.75) is 6.92 Å². The van der Waals surface area contributed by atoms with Gasteiger partial charge in [-0.15, -0.1) is 0 Å². The fraction of sp³-hybridized carbons (Fsp3) is 0.125.